The Bertz CT molecular complexity index is 331. The number of hydrogen-bond acceptors (Lipinski definition) is 3. The maximum atomic E-state index is 12.0. The number of rotatable bonds is 2. The van der Waals surface area contributed by atoms with Crippen LogP contribution >= 0.6 is 0 Å². The Morgan fingerprint density at radius 3 is 2.73 bits per heavy atom. The molecule has 0 aliphatic carbocycles. The number of hydrogen-bond donors (Lipinski definition) is 1. The van der Waals surface area contributed by atoms with Crippen LogP contribution < -0.4 is 5.32 Å². The normalized spacial score (nSPS) is 35.7. The molecule has 15 heavy (non-hydrogen) atoms. The summed E-state index contributed by atoms with van der Waals surface area (Å²) in [6, 6.07) is 0. The quantitative estimate of drug-likeness (QED) is 0.743. The Hall–Kier alpha value is -0.130. The van der Waals surface area contributed by atoms with Crippen LogP contribution in [0.15, 0.2) is 0 Å². The molecule has 1 spiro atoms. The molecule has 5 heteroatoms. The van der Waals surface area contributed by atoms with Crippen LogP contribution in [0.2, 0.25) is 0 Å². The van der Waals surface area contributed by atoms with E-state index < -0.39 is 10.0 Å². The summed E-state index contributed by atoms with van der Waals surface area (Å²) in [5.41, 5.74) is 0.00766. The predicted octanol–water partition coefficient (Wildman–Crippen LogP) is 0.268. The van der Waals surface area contributed by atoms with Crippen molar-refractivity contribution in [2.24, 2.45) is 11.3 Å². The summed E-state index contributed by atoms with van der Waals surface area (Å²) in [6.45, 7) is 7.34. The third-order valence-corrected chi connectivity index (χ3v) is 5.34. The van der Waals surface area contributed by atoms with Gasteiger partial charge in [0.15, 0.2) is 0 Å². The van der Waals surface area contributed by atoms with Gasteiger partial charge in [0, 0.05) is 25.0 Å². The van der Waals surface area contributed by atoms with Gasteiger partial charge < -0.3 is 5.32 Å². The fourth-order valence-corrected chi connectivity index (χ4v) is 4.93. The van der Waals surface area contributed by atoms with E-state index in [9.17, 15) is 8.42 Å². The van der Waals surface area contributed by atoms with Gasteiger partial charge in [-0.15, -0.1) is 0 Å². The fraction of sp³-hybridized carbons (Fsp3) is 1.00. The molecule has 0 radical (unpaired) electrons. The first-order valence-corrected chi connectivity index (χ1v) is 7.23. The van der Waals surface area contributed by atoms with E-state index >= 15 is 0 Å². The minimum atomic E-state index is -2.98. The van der Waals surface area contributed by atoms with Crippen LogP contribution in [0.25, 0.3) is 0 Å². The van der Waals surface area contributed by atoms with Crippen molar-refractivity contribution >= 4 is 10.0 Å². The Morgan fingerprint density at radius 2 is 2.20 bits per heavy atom. The summed E-state index contributed by atoms with van der Waals surface area (Å²) in [6.07, 6.45) is 1.00. The van der Waals surface area contributed by atoms with Gasteiger partial charge in [0.1, 0.15) is 0 Å². The van der Waals surface area contributed by atoms with Crippen LogP contribution in [0.3, 0.4) is 0 Å². The average Bonchev–Trinajstić information content (AvgIpc) is 2.58. The van der Waals surface area contributed by atoms with Gasteiger partial charge in [0.05, 0.1) is 5.75 Å². The highest BCUT2D eigenvalue weighted by molar-refractivity contribution is 7.89. The van der Waals surface area contributed by atoms with Crippen molar-refractivity contribution in [1.82, 2.24) is 9.62 Å². The molecular weight excluding hydrogens is 212 g/mol. The van der Waals surface area contributed by atoms with Crippen LogP contribution in [-0.4, -0.2) is 44.7 Å². The minimum absolute atomic E-state index is 0.00766. The highest BCUT2D eigenvalue weighted by Crippen LogP contribution is 2.36. The minimum Gasteiger partial charge on any atom is -0.316 e. The summed E-state index contributed by atoms with van der Waals surface area (Å²) in [5.74, 6) is 0.754. The van der Waals surface area contributed by atoms with Gasteiger partial charge in [-0.2, -0.15) is 0 Å². The van der Waals surface area contributed by atoms with Crippen LogP contribution in [-0.2, 0) is 10.0 Å². The molecular formula is C10H20N2O2S. The van der Waals surface area contributed by atoms with E-state index in [-0.39, 0.29) is 5.41 Å². The second kappa shape index (κ2) is 3.71. The Morgan fingerprint density at radius 1 is 1.47 bits per heavy atom. The van der Waals surface area contributed by atoms with E-state index in [2.05, 4.69) is 19.2 Å². The summed E-state index contributed by atoms with van der Waals surface area (Å²) in [5, 5.41) is 3.28. The molecule has 2 aliphatic heterocycles. The molecule has 2 saturated heterocycles. The lowest BCUT2D eigenvalue weighted by Crippen LogP contribution is -2.32. The van der Waals surface area contributed by atoms with Crippen molar-refractivity contribution < 1.29 is 8.42 Å². The molecule has 2 rings (SSSR count). The highest BCUT2D eigenvalue weighted by Gasteiger charge is 2.48. The average molecular weight is 232 g/mol. The van der Waals surface area contributed by atoms with Crippen molar-refractivity contribution in [3.05, 3.63) is 0 Å². The standard InChI is InChI=1S/C10H20N2O2S/c1-9(2)5-12-7-10(3-4-11-6-10)8-15(12,13)14/h9,11H,3-8H2,1-2H3. The summed E-state index contributed by atoms with van der Waals surface area (Å²) >= 11 is 0. The zero-order valence-corrected chi connectivity index (χ0v) is 10.3. The van der Waals surface area contributed by atoms with Crippen LogP contribution in [0.4, 0.5) is 0 Å². The lowest BCUT2D eigenvalue weighted by atomic mass is 9.89. The summed E-state index contributed by atoms with van der Waals surface area (Å²) in [4.78, 5) is 0. The van der Waals surface area contributed by atoms with Gasteiger partial charge in [-0.1, -0.05) is 13.8 Å². The zero-order valence-electron chi connectivity index (χ0n) is 9.49. The van der Waals surface area contributed by atoms with E-state index in [1.165, 1.54) is 0 Å². The first-order valence-electron chi connectivity index (χ1n) is 5.62. The van der Waals surface area contributed by atoms with Crippen molar-refractivity contribution in [2.45, 2.75) is 20.3 Å². The lowest BCUT2D eigenvalue weighted by molar-refractivity contribution is 0.288. The number of sulfonamides is 1. The van der Waals surface area contributed by atoms with Crippen LogP contribution in [0, 0.1) is 11.3 Å². The molecule has 0 aromatic carbocycles. The lowest BCUT2D eigenvalue weighted by Gasteiger charge is -2.21. The number of nitrogens with zero attached hydrogens (tertiary/aromatic N) is 1. The number of nitrogens with one attached hydrogen (secondary N) is 1. The zero-order chi connectivity index (χ0) is 11.1. The molecule has 2 heterocycles. The molecule has 1 atom stereocenters. The molecule has 2 fully saturated rings. The molecule has 0 saturated carbocycles. The third kappa shape index (κ3) is 2.19. The molecule has 0 aromatic rings. The smallest absolute Gasteiger partial charge is 0.214 e. The van der Waals surface area contributed by atoms with Gasteiger partial charge in [-0.3, -0.25) is 0 Å². The molecule has 1 N–H and O–H groups in total. The van der Waals surface area contributed by atoms with Crippen molar-refractivity contribution in [1.29, 1.82) is 0 Å². The first-order chi connectivity index (χ1) is 6.94. The van der Waals surface area contributed by atoms with Crippen molar-refractivity contribution in [3.63, 3.8) is 0 Å². The fourth-order valence-electron chi connectivity index (χ4n) is 2.64. The van der Waals surface area contributed by atoms with E-state index in [0.717, 1.165) is 26.1 Å². The van der Waals surface area contributed by atoms with Crippen molar-refractivity contribution in [2.75, 3.05) is 31.9 Å². The van der Waals surface area contributed by atoms with Gasteiger partial charge >= 0.3 is 0 Å². The maximum absolute atomic E-state index is 12.0. The molecule has 0 bridgehead atoms. The topological polar surface area (TPSA) is 49.4 Å². The Kier molecular flexibility index (Phi) is 2.81. The second-order valence-corrected chi connectivity index (χ2v) is 7.34. The maximum Gasteiger partial charge on any atom is 0.214 e. The molecule has 88 valence electrons. The monoisotopic (exact) mass is 232 g/mol. The van der Waals surface area contributed by atoms with Crippen LogP contribution in [0.5, 0.6) is 0 Å². The van der Waals surface area contributed by atoms with Crippen molar-refractivity contribution in [3.8, 4) is 0 Å². The van der Waals surface area contributed by atoms with Gasteiger partial charge in [-0.05, 0) is 18.9 Å². The second-order valence-electron chi connectivity index (χ2n) is 5.37. The van der Waals surface area contributed by atoms with E-state index in [1.807, 2.05) is 0 Å². The molecule has 1 unspecified atom stereocenters. The van der Waals surface area contributed by atoms with Gasteiger partial charge in [-0.25, -0.2) is 12.7 Å². The van der Waals surface area contributed by atoms with E-state index in [0.29, 0.717) is 18.2 Å². The predicted molar refractivity (Wildman–Crippen MR) is 60.1 cm³/mol. The highest BCUT2D eigenvalue weighted by atomic mass is 32.2. The Balaban J connectivity index is 2.14. The van der Waals surface area contributed by atoms with Gasteiger partial charge in [0.2, 0.25) is 10.0 Å². The van der Waals surface area contributed by atoms with E-state index in [1.54, 1.807) is 4.31 Å². The van der Waals surface area contributed by atoms with Crippen LogP contribution in [0.1, 0.15) is 20.3 Å². The molecule has 4 nitrogen and oxygen atoms in total. The third-order valence-electron chi connectivity index (χ3n) is 3.29. The molecule has 0 amide bonds. The molecule has 2 aliphatic rings. The summed E-state index contributed by atoms with van der Waals surface area (Å²) < 4.78 is 25.6. The summed E-state index contributed by atoms with van der Waals surface area (Å²) in [7, 11) is -2.98. The van der Waals surface area contributed by atoms with Gasteiger partial charge in [0.25, 0.3) is 0 Å². The Labute approximate surface area is 92.1 Å². The van der Waals surface area contributed by atoms with E-state index in [4.69, 9.17) is 0 Å². The molecule has 0 aromatic heterocycles. The SMILES string of the molecule is CC(C)CN1CC2(CCNC2)CS1(=O)=O. The largest absolute Gasteiger partial charge is 0.316 e. The first kappa shape index (κ1) is 11.4.